The number of hydrogen-bond donors (Lipinski definition) is 2. The van der Waals surface area contributed by atoms with E-state index in [9.17, 15) is 14.4 Å². The van der Waals surface area contributed by atoms with E-state index in [1.54, 1.807) is 0 Å². The molecule has 0 bridgehead atoms. The lowest BCUT2D eigenvalue weighted by Gasteiger charge is -2.16. The van der Waals surface area contributed by atoms with Crippen LogP contribution < -0.4 is 10.6 Å². The predicted octanol–water partition coefficient (Wildman–Crippen LogP) is 1.36. The highest BCUT2D eigenvalue weighted by Gasteiger charge is 2.30. The van der Waals surface area contributed by atoms with Crippen molar-refractivity contribution in [1.82, 2.24) is 5.32 Å². The Morgan fingerprint density at radius 3 is 2.83 bits per heavy atom. The van der Waals surface area contributed by atoms with Gasteiger partial charge in [0.1, 0.15) is 12.1 Å². The Hall–Kier alpha value is -2.59. The van der Waals surface area contributed by atoms with E-state index in [0.29, 0.717) is 17.7 Å². The Morgan fingerprint density at radius 1 is 1.52 bits per heavy atom. The molecule has 0 aromatic heterocycles. The van der Waals surface area contributed by atoms with E-state index >= 15 is 0 Å². The van der Waals surface area contributed by atoms with Crippen LogP contribution in [-0.4, -0.2) is 29.9 Å². The molecular weight excluding hydrogens is 322 g/mol. The summed E-state index contributed by atoms with van der Waals surface area (Å²) in [5.74, 6) is -1.39. The maximum atomic E-state index is 12.0. The van der Waals surface area contributed by atoms with Crippen LogP contribution in [0.15, 0.2) is 18.2 Å². The van der Waals surface area contributed by atoms with E-state index in [0.717, 1.165) is 0 Å². The van der Waals surface area contributed by atoms with E-state index in [1.807, 2.05) is 6.07 Å². The smallest absolute Gasteiger partial charge is 0.329 e. The molecule has 2 rings (SSSR count). The molecule has 7 nitrogen and oxygen atoms in total. The maximum absolute atomic E-state index is 12.0. The van der Waals surface area contributed by atoms with Crippen molar-refractivity contribution in [3.05, 3.63) is 28.8 Å². The number of rotatable bonds is 4. The van der Waals surface area contributed by atoms with Crippen LogP contribution >= 0.6 is 11.6 Å². The average molecular weight is 336 g/mol. The SMILES string of the molecule is C[C@@H](OC(=O)[C@@H]1CCC(=O)N1)C(=O)Nc1ccc(C#N)c(Cl)c1. The molecule has 0 spiro atoms. The average Bonchev–Trinajstić information content (AvgIpc) is 2.94. The third kappa shape index (κ3) is 4.20. The van der Waals surface area contributed by atoms with Gasteiger partial charge < -0.3 is 15.4 Å². The van der Waals surface area contributed by atoms with Crippen molar-refractivity contribution in [2.75, 3.05) is 5.32 Å². The summed E-state index contributed by atoms with van der Waals surface area (Å²) in [5, 5.41) is 14.0. The van der Waals surface area contributed by atoms with Crippen LogP contribution in [0.2, 0.25) is 5.02 Å². The van der Waals surface area contributed by atoms with Crippen LogP contribution in [0.5, 0.6) is 0 Å². The lowest BCUT2D eigenvalue weighted by molar-refractivity contribution is -0.155. The van der Waals surface area contributed by atoms with E-state index < -0.39 is 24.0 Å². The lowest BCUT2D eigenvalue weighted by Crippen LogP contribution is -2.39. The van der Waals surface area contributed by atoms with Gasteiger partial charge in [-0.2, -0.15) is 5.26 Å². The Morgan fingerprint density at radius 2 is 2.26 bits per heavy atom. The number of amides is 2. The van der Waals surface area contributed by atoms with Gasteiger partial charge in [0.05, 0.1) is 10.6 Å². The molecular formula is C15H14ClN3O4. The zero-order valence-electron chi connectivity index (χ0n) is 12.3. The molecule has 1 aromatic carbocycles. The van der Waals surface area contributed by atoms with Gasteiger partial charge in [-0.25, -0.2) is 4.79 Å². The number of anilines is 1. The van der Waals surface area contributed by atoms with E-state index in [4.69, 9.17) is 21.6 Å². The number of ether oxygens (including phenoxy) is 1. The van der Waals surface area contributed by atoms with E-state index in [2.05, 4.69) is 10.6 Å². The molecule has 1 fully saturated rings. The summed E-state index contributed by atoms with van der Waals surface area (Å²) < 4.78 is 5.04. The van der Waals surface area contributed by atoms with Crippen LogP contribution in [0.1, 0.15) is 25.3 Å². The minimum Gasteiger partial charge on any atom is -0.451 e. The van der Waals surface area contributed by atoms with Crippen molar-refractivity contribution in [3.8, 4) is 6.07 Å². The lowest BCUT2D eigenvalue weighted by atomic mass is 10.2. The highest BCUT2D eigenvalue weighted by molar-refractivity contribution is 6.32. The standard InChI is InChI=1S/C15H14ClN3O4/c1-8(23-15(22)12-4-5-13(20)19-12)14(21)18-10-3-2-9(7-17)11(16)6-10/h2-3,6,8,12H,4-5H2,1H3,(H,18,21)(H,19,20)/t8-,12+/m1/s1. The van der Waals surface area contributed by atoms with Crippen molar-refractivity contribution in [2.24, 2.45) is 0 Å². The number of nitriles is 1. The molecule has 0 unspecified atom stereocenters. The number of benzene rings is 1. The van der Waals surface area contributed by atoms with Gasteiger partial charge >= 0.3 is 5.97 Å². The first-order chi connectivity index (χ1) is 10.9. The van der Waals surface area contributed by atoms with Crippen molar-refractivity contribution < 1.29 is 19.1 Å². The molecule has 8 heteroatoms. The fraction of sp³-hybridized carbons (Fsp3) is 0.333. The van der Waals surface area contributed by atoms with Gasteiger partial charge in [-0.05, 0) is 31.5 Å². The Kier molecular flexibility index (Phi) is 5.19. The molecule has 1 aromatic rings. The largest absolute Gasteiger partial charge is 0.451 e. The van der Waals surface area contributed by atoms with Gasteiger partial charge in [0, 0.05) is 12.1 Å². The maximum Gasteiger partial charge on any atom is 0.329 e. The Bertz CT molecular complexity index is 698. The molecule has 0 radical (unpaired) electrons. The molecule has 1 saturated heterocycles. The fourth-order valence-corrected chi connectivity index (χ4v) is 2.25. The molecule has 2 amide bonds. The van der Waals surface area contributed by atoms with Gasteiger partial charge in [-0.1, -0.05) is 11.6 Å². The van der Waals surface area contributed by atoms with Crippen LogP contribution in [0.3, 0.4) is 0 Å². The quantitative estimate of drug-likeness (QED) is 0.808. The molecule has 1 aliphatic heterocycles. The molecule has 1 heterocycles. The molecule has 0 aliphatic carbocycles. The van der Waals surface area contributed by atoms with Crippen LogP contribution in [0, 0.1) is 11.3 Å². The highest BCUT2D eigenvalue weighted by atomic mass is 35.5. The minimum absolute atomic E-state index is 0.212. The summed E-state index contributed by atoms with van der Waals surface area (Å²) in [7, 11) is 0. The van der Waals surface area contributed by atoms with Gasteiger partial charge in [0.25, 0.3) is 5.91 Å². The van der Waals surface area contributed by atoms with Crippen molar-refractivity contribution >= 4 is 35.1 Å². The summed E-state index contributed by atoms with van der Waals surface area (Å²) in [5.41, 5.74) is 0.678. The normalized spacial score (nSPS) is 17.8. The summed E-state index contributed by atoms with van der Waals surface area (Å²) in [6.45, 7) is 1.43. The third-order valence-electron chi connectivity index (χ3n) is 3.30. The number of nitrogens with zero attached hydrogens (tertiary/aromatic N) is 1. The molecule has 2 N–H and O–H groups in total. The second-order valence-corrected chi connectivity index (χ2v) is 5.44. The molecule has 120 valence electrons. The Labute approximate surface area is 137 Å². The first kappa shape index (κ1) is 16.8. The predicted molar refractivity (Wildman–Crippen MR) is 81.5 cm³/mol. The first-order valence-corrected chi connectivity index (χ1v) is 7.29. The first-order valence-electron chi connectivity index (χ1n) is 6.91. The topological polar surface area (TPSA) is 108 Å². The third-order valence-corrected chi connectivity index (χ3v) is 3.61. The number of halogens is 1. The van der Waals surface area contributed by atoms with Crippen molar-refractivity contribution in [2.45, 2.75) is 31.9 Å². The summed E-state index contributed by atoms with van der Waals surface area (Å²) in [4.78, 5) is 34.9. The van der Waals surface area contributed by atoms with Crippen LogP contribution in [0.25, 0.3) is 0 Å². The monoisotopic (exact) mass is 335 g/mol. The van der Waals surface area contributed by atoms with Crippen LogP contribution in [0.4, 0.5) is 5.69 Å². The number of carbonyl (C=O) groups excluding carboxylic acids is 3. The number of esters is 1. The van der Waals surface area contributed by atoms with Gasteiger partial charge in [-0.15, -0.1) is 0 Å². The Balaban J connectivity index is 1.92. The highest BCUT2D eigenvalue weighted by Crippen LogP contribution is 2.20. The number of carbonyl (C=O) groups is 3. The molecule has 2 atom stereocenters. The summed E-state index contributed by atoms with van der Waals surface area (Å²) in [6, 6.07) is 5.64. The fourth-order valence-electron chi connectivity index (χ4n) is 2.03. The number of nitrogens with one attached hydrogen (secondary N) is 2. The molecule has 23 heavy (non-hydrogen) atoms. The van der Waals surface area contributed by atoms with Crippen molar-refractivity contribution in [3.63, 3.8) is 0 Å². The molecule has 1 aliphatic rings. The second kappa shape index (κ2) is 7.11. The second-order valence-electron chi connectivity index (χ2n) is 5.03. The van der Waals surface area contributed by atoms with E-state index in [-0.39, 0.29) is 17.4 Å². The summed E-state index contributed by atoms with van der Waals surface area (Å²) >= 11 is 5.88. The molecule has 0 saturated carbocycles. The zero-order chi connectivity index (χ0) is 17.0. The number of hydrogen-bond acceptors (Lipinski definition) is 5. The van der Waals surface area contributed by atoms with Gasteiger partial charge in [0.2, 0.25) is 5.91 Å². The minimum atomic E-state index is -1.03. The van der Waals surface area contributed by atoms with Gasteiger partial charge in [-0.3, -0.25) is 9.59 Å². The zero-order valence-corrected chi connectivity index (χ0v) is 13.0. The van der Waals surface area contributed by atoms with E-state index in [1.165, 1.54) is 25.1 Å². The van der Waals surface area contributed by atoms with Gasteiger partial charge in [0.15, 0.2) is 6.10 Å². The van der Waals surface area contributed by atoms with Crippen molar-refractivity contribution in [1.29, 1.82) is 5.26 Å². The summed E-state index contributed by atoms with van der Waals surface area (Å²) in [6.07, 6.45) is -0.407. The van der Waals surface area contributed by atoms with Crippen LogP contribution in [-0.2, 0) is 19.1 Å².